The first kappa shape index (κ1) is 16.0. The number of sulfonamides is 1. The van der Waals surface area contributed by atoms with E-state index in [-0.39, 0.29) is 16.8 Å². The van der Waals surface area contributed by atoms with Crippen LogP contribution in [0.25, 0.3) is 0 Å². The topological polar surface area (TPSA) is 57.7 Å². The van der Waals surface area contributed by atoms with Crippen LogP contribution in [-0.4, -0.2) is 50.7 Å². The summed E-state index contributed by atoms with van der Waals surface area (Å²) in [5, 5.41) is 0. The molecule has 1 aliphatic carbocycles. The van der Waals surface area contributed by atoms with Crippen LogP contribution < -0.4 is 0 Å². The van der Waals surface area contributed by atoms with Crippen molar-refractivity contribution in [2.24, 2.45) is 5.92 Å². The van der Waals surface area contributed by atoms with Gasteiger partial charge in [0.1, 0.15) is 0 Å². The molecule has 5 nitrogen and oxygen atoms in total. The SMILES string of the molecule is CC(C1CC1)N(C)S(=O)(=O)c1cccc(C(=O)N(C)C)c1. The van der Waals surface area contributed by atoms with Crippen molar-refractivity contribution >= 4 is 15.9 Å². The van der Waals surface area contributed by atoms with Crippen LogP contribution in [-0.2, 0) is 10.0 Å². The molecule has 6 heteroatoms. The maximum atomic E-state index is 12.7. The zero-order valence-corrected chi connectivity index (χ0v) is 13.7. The van der Waals surface area contributed by atoms with Gasteiger partial charge in [-0.05, 0) is 43.9 Å². The monoisotopic (exact) mass is 310 g/mol. The number of hydrogen-bond acceptors (Lipinski definition) is 3. The van der Waals surface area contributed by atoms with Gasteiger partial charge >= 0.3 is 0 Å². The first-order valence-electron chi connectivity index (χ1n) is 7.05. The Kier molecular flexibility index (Phi) is 4.39. The summed E-state index contributed by atoms with van der Waals surface area (Å²) < 4.78 is 26.7. The maximum Gasteiger partial charge on any atom is 0.253 e. The quantitative estimate of drug-likeness (QED) is 0.833. The lowest BCUT2D eigenvalue weighted by Crippen LogP contribution is -2.36. The van der Waals surface area contributed by atoms with Gasteiger partial charge in [-0.1, -0.05) is 6.07 Å². The molecular formula is C15H22N2O3S. The third-order valence-corrected chi connectivity index (χ3v) is 5.98. The Hall–Kier alpha value is -1.40. The van der Waals surface area contributed by atoms with Crippen molar-refractivity contribution in [2.45, 2.75) is 30.7 Å². The van der Waals surface area contributed by atoms with Gasteiger partial charge < -0.3 is 4.90 Å². The van der Waals surface area contributed by atoms with Gasteiger partial charge in [-0.15, -0.1) is 0 Å². The summed E-state index contributed by atoms with van der Waals surface area (Å²) in [4.78, 5) is 13.6. The van der Waals surface area contributed by atoms with Crippen LogP contribution in [0.5, 0.6) is 0 Å². The van der Waals surface area contributed by atoms with Crippen molar-refractivity contribution in [1.82, 2.24) is 9.21 Å². The third kappa shape index (κ3) is 3.27. The average Bonchev–Trinajstić information content (AvgIpc) is 3.29. The molecule has 0 N–H and O–H groups in total. The first-order chi connectivity index (χ1) is 9.75. The van der Waals surface area contributed by atoms with Gasteiger partial charge in [0.05, 0.1) is 4.90 Å². The second-order valence-corrected chi connectivity index (χ2v) is 7.82. The molecule has 0 heterocycles. The fraction of sp³-hybridized carbons (Fsp3) is 0.533. The highest BCUT2D eigenvalue weighted by Gasteiger charge is 2.36. The zero-order chi connectivity index (χ0) is 15.8. The minimum atomic E-state index is -3.56. The van der Waals surface area contributed by atoms with E-state index in [0.29, 0.717) is 11.5 Å². The molecule has 1 aromatic carbocycles. The van der Waals surface area contributed by atoms with Crippen LogP contribution in [0.4, 0.5) is 0 Å². The van der Waals surface area contributed by atoms with Crippen molar-refractivity contribution in [3.63, 3.8) is 0 Å². The molecule has 1 saturated carbocycles. The van der Waals surface area contributed by atoms with E-state index in [9.17, 15) is 13.2 Å². The van der Waals surface area contributed by atoms with Crippen LogP contribution in [0.3, 0.4) is 0 Å². The summed E-state index contributed by atoms with van der Waals surface area (Å²) in [6, 6.07) is 6.22. The third-order valence-electron chi connectivity index (χ3n) is 4.04. The summed E-state index contributed by atoms with van der Waals surface area (Å²) in [6.45, 7) is 1.93. The van der Waals surface area contributed by atoms with Crippen molar-refractivity contribution in [2.75, 3.05) is 21.1 Å². The Labute approximate surface area is 126 Å². The molecule has 21 heavy (non-hydrogen) atoms. The number of hydrogen-bond donors (Lipinski definition) is 0. The van der Waals surface area contributed by atoms with E-state index in [0.717, 1.165) is 12.8 Å². The van der Waals surface area contributed by atoms with Crippen LogP contribution >= 0.6 is 0 Å². The molecule has 116 valence electrons. The smallest absolute Gasteiger partial charge is 0.253 e. The number of benzene rings is 1. The van der Waals surface area contributed by atoms with Crippen molar-refractivity contribution in [1.29, 1.82) is 0 Å². The number of rotatable bonds is 5. The number of carbonyl (C=O) groups excluding carboxylic acids is 1. The Morgan fingerprint density at radius 1 is 1.24 bits per heavy atom. The van der Waals surface area contributed by atoms with Gasteiger partial charge in [0.2, 0.25) is 10.0 Å². The van der Waals surface area contributed by atoms with Crippen molar-refractivity contribution in [3.05, 3.63) is 29.8 Å². The second kappa shape index (κ2) is 5.77. The Morgan fingerprint density at radius 3 is 2.38 bits per heavy atom. The summed E-state index contributed by atoms with van der Waals surface area (Å²) >= 11 is 0. The molecule has 1 fully saturated rings. The fourth-order valence-corrected chi connectivity index (χ4v) is 3.78. The van der Waals surface area contributed by atoms with E-state index in [1.807, 2.05) is 6.92 Å². The predicted molar refractivity (Wildman–Crippen MR) is 81.6 cm³/mol. The molecule has 1 aliphatic rings. The molecule has 1 aromatic rings. The average molecular weight is 310 g/mol. The lowest BCUT2D eigenvalue weighted by Gasteiger charge is -2.24. The Morgan fingerprint density at radius 2 is 1.86 bits per heavy atom. The summed E-state index contributed by atoms with van der Waals surface area (Å²) in [7, 11) is 1.33. The maximum absolute atomic E-state index is 12.7. The van der Waals surface area contributed by atoms with Crippen LogP contribution in [0.1, 0.15) is 30.1 Å². The highest BCUT2D eigenvalue weighted by atomic mass is 32.2. The van der Waals surface area contributed by atoms with E-state index in [2.05, 4.69) is 0 Å². The molecule has 1 amide bonds. The molecule has 0 aromatic heterocycles. The minimum absolute atomic E-state index is 0.0109. The Bertz CT molecular complexity index is 636. The van der Waals surface area contributed by atoms with Gasteiger partial charge in [-0.2, -0.15) is 4.31 Å². The van der Waals surface area contributed by atoms with E-state index < -0.39 is 10.0 Å². The Balaban J connectivity index is 2.31. The fourth-order valence-electron chi connectivity index (χ4n) is 2.31. The molecule has 0 spiro atoms. The standard InChI is InChI=1S/C15H22N2O3S/c1-11(12-8-9-12)17(4)21(19,20)14-7-5-6-13(10-14)15(18)16(2)3/h5-7,10-12H,8-9H2,1-4H3. The van der Waals surface area contributed by atoms with Gasteiger partial charge in [-0.3, -0.25) is 4.79 Å². The van der Waals surface area contributed by atoms with Crippen LogP contribution in [0.15, 0.2) is 29.2 Å². The van der Waals surface area contributed by atoms with Crippen LogP contribution in [0, 0.1) is 5.92 Å². The molecule has 1 unspecified atom stereocenters. The van der Waals surface area contributed by atoms with Crippen molar-refractivity contribution < 1.29 is 13.2 Å². The van der Waals surface area contributed by atoms with E-state index in [1.165, 1.54) is 21.3 Å². The number of carbonyl (C=O) groups is 1. The largest absolute Gasteiger partial charge is 0.345 e. The molecule has 2 rings (SSSR count). The zero-order valence-electron chi connectivity index (χ0n) is 12.9. The lowest BCUT2D eigenvalue weighted by atomic mass is 10.2. The molecule has 0 radical (unpaired) electrons. The minimum Gasteiger partial charge on any atom is -0.345 e. The molecule has 1 atom stereocenters. The molecule has 0 saturated heterocycles. The number of amides is 1. The lowest BCUT2D eigenvalue weighted by molar-refractivity contribution is 0.0827. The van der Waals surface area contributed by atoms with E-state index in [4.69, 9.17) is 0 Å². The van der Waals surface area contributed by atoms with Gasteiger partial charge in [0, 0.05) is 32.7 Å². The highest BCUT2D eigenvalue weighted by molar-refractivity contribution is 7.89. The normalized spacial score (nSPS) is 16.8. The number of nitrogens with zero attached hydrogens (tertiary/aromatic N) is 2. The van der Waals surface area contributed by atoms with Crippen molar-refractivity contribution in [3.8, 4) is 0 Å². The summed E-state index contributed by atoms with van der Waals surface area (Å²) in [5.41, 5.74) is 0.383. The van der Waals surface area contributed by atoms with Gasteiger partial charge in [0.15, 0.2) is 0 Å². The molecule has 0 bridgehead atoms. The van der Waals surface area contributed by atoms with E-state index >= 15 is 0 Å². The highest BCUT2D eigenvalue weighted by Crippen LogP contribution is 2.36. The summed E-state index contributed by atoms with van der Waals surface area (Å²) in [6.07, 6.45) is 2.17. The van der Waals surface area contributed by atoms with Crippen LogP contribution in [0.2, 0.25) is 0 Å². The predicted octanol–water partition coefficient (Wildman–Crippen LogP) is 1.81. The van der Waals surface area contributed by atoms with Gasteiger partial charge in [-0.25, -0.2) is 8.42 Å². The van der Waals surface area contributed by atoms with E-state index in [1.54, 1.807) is 33.3 Å². The van der Waals surface area contributed by atoms with Gasteiger partial charge in [0.25, 0.3) is 5.91 Å². The second-order valence-electron chi connectivity index (χ2n) is 5.83. The summed E-state index contributed by atoms with van der Waals surface area (Å²) in [5.74, 6) is 0.251. The molecule has 0 aliphatic heterocycles. The molecular weight excluding hydrogens is 288 g/mol. The first-order valence-corrected chi connectivity index (χ1v) is 8.49.